The number of benzene rings is 2. The van der Waals surface area contributed by atoms with E-state index in [0.717, 1.165) is 37.3 Å². The predicted molar refractivity (Wildman–Crippen MR) is 100 cm³/mol. The minimum Gasteiger partial charge on any atom is -0.369 e. The molecular formula is C21H22N2O. The Labute approximate surface area is 143 Å². The summed E-state index contributed by atoms with van der Waals surface area (Å²) >= 11 is 0. The molecule has 0 amide bonds. The quantitative estimate of drug-likeness (QED) is 0.520. The van der Waals surface area contributed by atoms with Gasteiger partial charge in [-0.1, -0.05) is 48.6 Å². The van der Waals surface area contributed by atoms with Crippen molar-refractivity contribution in [3.05, 3.63) is 84.0 Å². The first-order chi connectivity index (χ1) is 11.8. The SMILES string of the molecule is O=C(/C=C/C=C/c1ccccc1)c1ccc(N2CCNCC2)cc1. The number of hydrogen-bond donors (Lipinski definition) is 1. The van der Waals surface area contributed by atoms with Crippen LogP contribution >= 0.6 is 0 Å². The van der Waals surface area contributed by atoms with Crippen LogP contribution < -0.4 is 10.2 Å². The Balaban J connectivity index is 1.58. The highest BCUT2D eigenvalue weighted by Crippen LogP contribution is 2.16. The second-order valence-electron chi connectivity index (χ2n) is 5.78. The van der Waals surface area contributed by atoms with Crippen molar-refractivity contribution in [1.29, 1.82) is 0 Å². The molecule has 0 saturated carbocycles. The fraction of sp³-hybridized carbons (Fsp3) is 0.190. The van der Waals surface area contributed by atoms with E-state index >= 15 is 0 Å². The highest BCUT2D eigenvalue weighted by atomic mass is 16.1. The van der Waals surface area contributed by atoms with Gasteiger partial charge in [-0.2, -0.15) is 0 Å². The molecule has 1 saturated heterocycles. The summed E-state index contributed by atoms with van der Waals surface area (Å²) < 4.78 is 0. The van der Waals surface area contributed by atoms with Crippen molar-refractivity contribution in [3.8, 4) is 0 Å². The number of piperazine rings is 1. The fourth-order valence-electron chi connectivity index (χ4n) is 2.73. The number of nitrogens with zero attached hydrogens (tertiary/aromatic N) is 1. The van der Waals surface area contributed by atoms with E-state index in [0.29, 0.717) is 0 Å². The van der Waals surface area contributed by atoms with Gasteiger partial charge in [0.1, 0.15) is 0 Å². The average molecular weight is 318 g/mol. The van der Waals surface area contributed by atoms with Crippen LogP contribution in [0.5, 0.6) is 0 Å². The lowest BCUT2D eigenvalue weighted by Gasteiger charge is -2.29. The van der Waals surface area contributed by atoms with Gasteiger partial charge in [-0.05, 0) is 35.9 Å². The molecule has 2 aromatic rings. The molecule has 122 valence electrons. The smallest absolute Gasteiger partial charge is 0.185 e. The number of carbonyl (C=O) groups excluding carboxylic acids is 1. The van der Waals surface area contributed by atoms with E-state index in [1.807, 2.05) is 66.7 Å². The molecule has 0 spiro atoms. The topological polar surface area (TPSA) is 32.3 Å². The Kier molecular flexibility index (Phi) is 5.59. The van der Waals surface area contributed by atoms with Crippen LogP contribution in [0, 0.1) is 0 Å². The third kappa shape index (κ3) is 4.43. The monoisotopic (exact) mass is 318 g/mol. The Morgan fingerprint density at radius 1 is 0.917 bits per heavy atom. The molecule has 0 aliphatic carbocycles. The molecule has 2 aromatic carbocycles. The van der Waals surface area contributed by atoms with Crippen LogP contribution in [0.1, 0.15) is 15.9 Å². The van der Waals surface area contributed by atoms with E-state index in [9.17, 15) is 4.79 Å². The van der Waals surface area contributed by atoms with Gasteiger partial charge in [-0.25, -0.2) is 0 Å². The molecule has 3 nitrogen and oxygen atoms in total. The lowest BCUT2D eigenvalue weighted by atomic mass is 10.1. The van der Waals surface area contributed by atoms with Crippen molar-refractivity contribution in [2.75, 3.05) is 31.1 Å². The molecule has 1 fully saturated rings. The third-order valence-electron chi connectivity index (χ3n) is 4.08. The second kappa shape index (κ2) is 8.27. The predicted octanol–water partition coefficient (Wildman–Crippen LogP) is 3.55. The Morgan fingerprint density at radius 2 is 1.62 bits per heavy atom. The number of ketones is 1. The van der Waals surface area contributed by atoms with Gasteiger partial charge in [0.15, 0.2) is 5.78 Å². The van der Waals surface area contributed by atoms with Crippen LogP contribution in [-0.2, 0) is 0 Å². The maximum atomic E-state index is 12.2. The molecule has 0 aromatic heterocycles. The number of allylic oxidation sites excluding steroid dienone is 3. The third-order valence-corrected chi connectivity index (χ3v) is 4.08. The maximum Gasteiger partial charge on any atom is 0.185 e. The van der Waals surface area contributed by atoms with E-state index < -0.39 is 0 Å². The first kappa shape index (κ1) is 16.2. The first-order valence-corrected chi connectivity index (χ1v) is 8.33. The molecule has 1 aliphatic rings. The maximum absolute atomic E-state index is 12.2. The molecule has 0 unspecified atom stereocenters. The van der Waals surface area contributed by atoms with Crippen LogP contribution in [0.4, 0.5) is 5.69 Å². The zero-order valence-electron chi connectivity index (χ0n) is 13.7. The highest BCUT2D eigenvalue weighted by molar-refractivity contribution is 6.04. The second-order valence-corrected chi connectivity index (χ2v) is 5.78. The zero-order chi connectivity index (χ0) is 16.6. The summed E-state index contributed by atoms with van der Waals surface area (Å²) in [7, 11) is 0. The van der Waals surface area contributed by atoms with Gasteiger partial charge in [0, 0.05) is 37.4 Å². The van der Waals surface area contributed by atoms with E-state index in [-0.39, 0.29) is 5.78 Å². The molecular weight excluding hydrogens is 296 g/mol. The average Bonchev–Trinajstić information content (AvgIpc) is 2.67. The Hall–Kier alpha value is -2.65. The molecule has 0 bridgehead atoms. The van der Waals surface area contributed by atoms with Crippen LogP contribution in [-0.4, -0.2) is 32.0 Å². The van der Waals surface area contributed by atoms with E-state index in [1.54, 1.807) is 12.2 Å². The zero-order valence-corrected chi connectivity index (χ0v) is 13.7. The van der Waals surface area contributed by atoms with Gasteiger partial charge >= 0.3 is 0 Å². The van der Waals surface area contributed by atoms with Gasteiger partial charge in [0.05, 0.1) is 0 Å². The molecule has 24 heavy (non-hydrogen) atoms. The summed E-state index contributed by atoms with van der Waals surface area (Å²) in [5.74, 6) is 0.0274. The molecule has 0 radical (unpaired) electrons. The van der Waals surface area contributed by atoms with Gasteiger partial charge in [-0.3, -0.25) is 4.79 Å². The minimum atomic E-state index is 0.0274. The summed E-state index contributed by atoms with van der Waals surface area (Å²) in [6, 6.07) is 17.9. The normalized spacial score (nSPS) is 15.2. The lowest BCUT2D eigenvalue weighted by Crippen LogP contribution is -2.43. The number of anilines is 1. The van der Waals surface area contributed by atoms with Crippen LogP contribution in [0.15, 0.2) is 72.8 Å². The molecule has 3 rings (SSSR count). The Morgan fingerprint density at radius 3 is 2.33 bits per heavy atom. The summed E-state index contributed by atoms with van der Waals surface area (Å²) in [6.07, 6.45) is 7.28. The van der Waals surface area contributed by atoms with Crippen LogP contribution in [0.25, 0.3) is 6.08 Å². The van der Waals surface area contributed by atoms with Crippen molar-refractivity contribution in [2.45, 2.75) is 0 Å². The summed E-state index contributed by atoms with van der Waals surface area (Å²) in [6.45, 7) is 4.04. The summed E-state index contributed by atoms with van der Waals surface area (Å²) in [5.41, 5.74) is 3.02. The van der Waals surface area contributed by atoms with Crippen molar-refractivity contribution in [3.63, 3.8) is 0 Å². The largest absolute Gasteiger partial charge is 0.369 e. The number of nitrogens with one attached hydrogen (secondary N) is 1. The summed E-state index contributed by atoms with van der Waals surface area (Å²) in [4.78, 5) is 14.5. The van der Waals surface area contributed by atoms with E-state index in [1.165, 1.54) is 5.69 Å². The van der Waals surface area contributed by atoms with E-state index in [4.69, 9.17) is 0 Å². The number of rotatable bonds is 5. The van der Waals surface area contributed by atoms with Gasteiger partial charge in [0.2, 0.25) is 0 Å². The van der Waals surface area contributed by atoms with Crippen molar-refractivity contribution < 1.29 is 4.79 Å². The number of hydrogen-bond acceptors (Lipinski definition) is 3. The van der Waals surface area contributed by atoms with Gasteiger partial charge in [0.25, 0.3) is 0 Å². The van der Waals surface area contributed by atoms with Crippen molar-refractivity contribution in [2.24, 2.45) is 0 Å². The highest BCUT2D eigenvalue weighted by Gasteiger charge is 2.10. The standard InChI is InChI=1S/C21H22N2O/c24-21(9-5-4-8-18-6-2-1-3-7-18)19-10-12-20(13-11-19)23-16-14-22-15-17-23/h1-13,22H,14-17H2/b8-4+,9-5+. The fourth-order valence-corrected chi connectivity index (χ4v) is 2.73. The Bertz CT molecular complexity index is 711. The minimum absolute atomic E-state index is 0.0274. The molecule has 3 heteroatoms. The van der Waals surface area contributed by atoms with Gasteiger partial charge < -0.3 is 10.2 Å². The molecule has 1 heterocycles. The number of carbonyl (C=O) groups is 1. The van der Waals surface area contributed by atoms with Gasteiger partial charge in [-0.15, -0.1) is 0 Å². The lowest BCUT2D eigenvalue weighted by molar-refractivity contribution is 0.104. The van der Waals surface area contributed by atoms with Crippen LogP contribution in [0.2, 0.25) is 0 Å². The molecule has 1 N–H and O–H groups in total. The first-order valence-electron chi connectivity index (χ1n) is 8.33. The van der Waals surface area contributed by atoms with Crippen LogP contribution in [0.3, 0.4) is 0 Å². The van der Waals surface area contributed by atoms with Crippen molar-refractivity contribution >= 4 is 17.5 Å². The van der Waals surface area contributed by atoms with Crippen molar-refractivity contribution in [1.82, 2.24) is 5.32 Å². The molecule has 1 aliphatic heterocycles. The summed E-state index contributed by atoms with van der Waals surface area (Å²) in [5, 5.41) is 3.34. The van der Waals surface area contributed by atoms with E-state index in [2.05, 4.69) is 10.2 Å². The molecule has 0 atom stereocenters.